The minimum absolute atomic E-state index is 0.182. The van der Waals surface area contributed by atoms with Crippen LogP contribution < -0.4 is 10.2 Å². The number of amides is 1. The third kappa shape index (κ3) is 3.05. The Kier molecular flexibility index (Phi) is 3.86. The fourth-order valence-corrected chi connectivity index (χ4v) is 2.52. The van der Waals surface area contributed by atoms with E-state index in [2.05, 4.69) is 5.32 Å². The quantitative estimate of drug-likeness (QED) is 0.931. The maximum absolute atomic E-state index is 13.5. The number of carbonyl (C=O) groups excluding carboxylic acids is 1. The third-order valence-corrected chi connectivity index (χ3v) is 3.69. The first-order chi connectivity index (χ1) is 10.2. The molecule has 0 saturated carbocycles. The van der Waals surface area contributed by atoms with Crippen molar-refractivity contribution in [3.8, 4) is 0 Å². The maximum Gasteiger partial charge on any atom is 0.227 e. The molecule has 0 radical (unpaired) electrons. The van der Waals surface area contributed by atoms with Crippen LogP contribution in [0.25, 0.3) is 0 Å². The van der Waals surface area contributed by atoms with Crippen LogP contribution in [0.15, 0.2) is 48.5 Å². The Morgan fingerprint density at radius 3 is 2.52 bits per heavy atom. The van der Waals surface area contributed by atoms with Gasteiger partial charge in [-0.1, -0.05) is 18.2 Å². The van der Waals surface area contributed by atoms with Gasteiger partial charge in [-0.25, -0.2) is 4.39 Å². The molecule has 4 heteroatoms. The van der Waals surface area contributed by atoms with Crippen molar-refractivity contribution >= 4 is 17.3 Å². The Hall–Kier alpha value is -2.36. The molecule has 1 heterocycles. The second-order valence-electron chi connectivity index (χ2n) is 5.14. The highest BCUT2D eigenvalue weighted by Crippen LogP contribution is 2.23. The topological polar surface area (TPSA) is 32.3 Å². The molecule has 0 unspecified atom stereocenters. The molecular formula is C17H17FN2O. The zero-order chi connectivity index (χ0) is 14.7. The number of hydrogen-bond acceptors (Lipinski definition) is 2. The van der Waals surface area contributed by atoms with E-state index >= 15 is 0 Å². The van der Waals surface area contributed by atoms with Crippen LogP contribution in [0.2, 0.25) is 0 Å². The monoisotopic (exact) mass is 284 g/mol. The highest BCUT2D eigenvalue weighted by atomic mass is 19.1. The van der Waals surface area contributed by atoms with Gasteiger partial charge in [-0.15, -0.1) is 0 Å². The van der Waals surface area contributed by atoms with Crippen molar-refractivity contribution in [1.82, 2.24) is 0 Å². The van der Waals surface area contributed by atoms with Gasteiger partial charge in [-0.05, 0) is 36.8 Å². The van der Waals surface area contributed by atoms with Crippen molar-refractivity contribution in [2.75, 3.05) is 16.8 Å². The Balaban J connectivity index is 1.65. The summed E-state index contributed by atoms with van der Waals surface area (Å²) < 4.78 is 13.5. The summed E-state index contributed by atoms with van der Waals surface area (Å²) in [5, 5.41) is 3.19. The summed E-state index contributed by atoms with van der Waals surface area (Å²) in [6.45, 7) is 1.23. The van der Waals surface area contributed by atoms with Gasteiger partial charge in [0.1, 0.15) is 5.82 Å². The molecule has 1 aliphatic heterocycles. The molecule has 1 fully saturated rings. The molecule has 0 spiro atoms. The van der Waals surface area contributed by atoms with Crippen LogP contribution in [0.1, 0.15) is 18.4 Å². The molecule has 1 amide bonds. The van der Waals surface area contributed by atoms with E-state index < -0.39 is 0 Å². The van der Waals surface area contributed by atoms with E-state index in [0.717, 1.165) is 24.3 Å². The number of nitrogens with one attached hydrogen (secondary N) is 1. The number of carbonyl (C=O) groups is 1. The Bertz CT molecular complexity index is 639. The zero-order valence-electron chi connectivity index (χ0n) is 11.7. The molecule has 1 saturated heterocycles. The maximum atomic E-state index is 13.5. The van der Waals surface area contributed by atoms with Gasteiger partial charge >= 0.3 is 0 Å². The first-order valence-electron chi connectivity index (χ1n) is 7.12. The standard InChI is InChI=1S/C17H17FN2O/c18-16-5-2-1-4-13(16)12-19-14-7-9-15(10-8-14)20-11-3-6-17(20)21/h1-2,4-5,7-10,19H,3,6,11-12H2. The molecule has 108 valence electrons. The molecule has 0 atom stereocenters. The Morgan fingerprint density at radius 1 is 1.10 bits per heavy atom. The van der Waals surface area contributed by atoms with Crippen LogP contribution in [-0.4, -0.2) is 12.5 Å². The zero-order valence-corrected chi connectivity index (χ0v) is 11.7. The molecule has 1 aliphatic rings. The van der Waals surface area contributed by atoms with Gasteiger partial charge in [-0.3, -0.25) is 4.79 Å². The number of rotatable bonds is 4. The number of halogens is 1. The SMILES string of the molecule is O=C1CCCN1c1ccc(NCc2ccccc2F)cc1. The lowest BCUT2D eigenvalue weighted by Crippen LogP contribution is -2.23. The summed E-state index contributed by atoms with van der Waals surface area (Å²) in [6, 6.07) is 14.4. The van der Waals surface area contributed by atoms with Gasteiger partial charge in [-0.2, -0.15) is 0 Å². The Morgan fingerprint density at radius 2 is 1.86 bits per heavy atom. The second-order valence-corrected chi connectivity index (χ2v) is 5.14. The number of nitrogens with zero attached hydrogens (tertiary/aromatic N) is 1. The van der Waals surface area contributed by atoms with Crippen LogP contribution >= 0.6 is 0 Å². The summed E-state index contributed by atoms with van der Waals surface area (Å²) in [7, 11) is 0. The molecule has 3 rings (SSSR count). The predicted molar refractivity (Wildman–Crippen MR) is 81.8 cm³/mol. The minimum Gasteiger partial charge on any atom is -0.381 e. The van der Waals surface area contributed by atoms with Crippen molar-refractivity contribution in [2.24, 2.45) is 0 Å². The fourth-order valence-electron chi connectivity index (χ4n) is 2.52. The van der Waals surface area contributed by atoms with E-state index in [1.165, 1.54) is 6.07 Å². The molecule has 1 N–H and O–H groups in total. The summed E-state index contributed by atoms with van der Waals surface area (Å²) in [5.41, 5.74) is 2.47. The molecule has 0 bridgehead atoms. The van der Waals surface area contributed by atoms with Crippen molar-refractivity contribution in [1.29, 1.82) is 0 Å². The van der Waals surface area contributed by atoms with Crippen LogP contribution in [0, 0.1) is 5.82 Å². The average Bonchev–Trinajstić information content (AvgIpc) is 2.93. The fraction of sp³-hybridized carbons (Fsp3) is 0.235. The van der Waals surface area contributed by atoms with E-state index in [9.17, 15) is 9.18 Å². The highest BCUT2D eigenvalue weighted by molar-refractivity contribution is 5.95. The average molecular weight is 284 g/mol. The third-order valence-electron chi connectivity index (χ3n) is 3.69. The normalized spacial score (nSPS) is 14.5. The molecule has 2 aromatic carbocycles. The van der Waals surface area contributed by atoms with E-state index in [-0.39, 0.29) is 11.7 Å². The Labute approximate surface area is 123 Å². The number of hydrogen-bond donors (Lipinski definition) is 1. The van der Waals surface area contributed by atoms with Crippen molar-refractivity contribution in [3.63, 3.8) is 0 Å². The van der Waals surface area contributed by atoms with E-state index in [1.807, 2.05) is 30.3 Å². The van der Waals surface area contributed by atoms with Gasteiger partial charge in [0.25, 0.3) is 0 Å². The largest absolute Gasteiger partial charge is 0.381 e. The lowest BCUT2D eigenvalue weighted by Gasteiger charge is -2.16. The van der Waals surface area contributed by atoms with Crippen LogP contribution in [0.4, 0.5) is 15.8 Å². The summed E-state index contributed by atoms with van der Waals surface area (Å²) in [5.74, 6) is -0.0219. The minimum atomic E-state index is -0.204. The lowest BCUT2D eigenvalue weighted by molar-refractivity contribution is -0.117. The first kappa shape index (κ1) is 13.6. The summed E-state index contributed by atoms with van der Waals surface area (Å²) >= 11 is 0. The van der Waals surface area contributed by atoms with Crippen molar-refractivity contribution < 1.29 is 9.18 Å². The highest BCUT2D eigenvalue weighted by Gasteiger charge is 2.21. The first-order valence-corrected chi connectivity index (χ1v) is 7.12. The van der Waals surface area contributed by atoms with Crippen molar-refractivity contribution in [2.45, 2.75) is 19.4 Å². The summed E-state index contributed by atoms with van der Waals surface area (Å²) in [6.07, 6.45) is 1.55. The van der Waals surface area contributed by atoms with Crippen LogP contribution in [-0.2, 0) is 11.3 Å². The summed E-state index contributed by atoms with van der Waals surface area (Å²) in [4.78, 5) is 13.5. The van der Waals surface area contributed by atoms with Crippen LogP contribution in [0.3, 0.4) is 0 Å². The molecule has 0 aromatic heterocycles. The second kappa shape index (κ2) is 5.95. The van der Waals surface area contributed by atoms with E-state index in [4.69, 9.17) is 0 Å². The van der Waals surface area contributed by atoms with Gasteiger partial charge in [0, 0.05) is 36.4 Å². The van der Waals surface area contributed by atoms with E-state index in [0.29, 0.717) is 18.5 Å². The number of anilines is 2. The predicted octanol–water partition coefficient (Wildman–Crippen LogP) is 3.56. The van der Waals surface area contributed by atoms with Gasteiger partial charge < -0.3 is 10.2 Å². The van der Waals surface area contributed by atoms with Crippen molar-refractivity contribution in [3.05, 3.63) is 59.9 Å². The van der Waals surface area contributed by atoms with Crippen LogP contribution in [0.5, 0.6) is 0 Å². The molecule has 21 heavy (non-hydrogen) atoms. The van der Waals surface area contributed by atoms with Gasteiger partial charge in [0.2, 0.25) is 5.91 Å². The molecule has 0 aliphatic carbocycles. The van der Waals surface area contributed by atoms with Gasteiger partial charge in [0.05, 0.1) is 0 Å². The lowest BCUT2D eigenvalue weighted by atomic mass is 10.2. The smallest absolute Gasteiger partial charge is 0.227 e. The molecule has 2 aromatic rings. The molecular weight excluding hydrogens is 267 g/mol. The van der Waals surface area contributed by atoms with Gasteiger partial charge in [0.15, 0.2) is 0 Å². The number of benzene rings is 2. The molecule has 3 nitrogen and oxygen atoms in total. The van der Waals surface area contributed by atoms with E-state index in [1.54, 1.807) is 17.0 Å².